The lowest BCUT2D eigenvalue weighted by molar-refractivity contribution is 0.0680. The highest BCUT2D eigenvalue weighted by Crippen LogP contribution is 2.17. The molecule has 1 fully saturated rings. The van der Waals surface area contributed by atoms with Crippen LogP contribution in [0.2, 0.25) is 0 Å². The first-order valence-corrected chi connectivity index (χ1v) is 6.39. The quantitative estimate of drug-likeness (QED) is 0.908. The van der Waals surface area contributed by atoms with Gasteiger partial charge in [-0.15, -0.1) is 12.4 Å². The highest BCUT2D eigenvalue weighted by molar-refractivity contribution is 5.85. The van der Waals surface area contributed by atoms with Gasteiger partial charge in [0, 0.05) is 18.6 Å². The van der Waals surface area contributed by atoms with E-state index in [1.807, 2.05) is 37.3 Å². The number of ether oxygens (including phenoxy) is 1. The molecule has 2 N–H and O–H groups in total. The molecule has 1 aliphatic heterocycles. The average molecular weight is 285 g/mol. The maximum Gasteiger partial charge on any atom is 0.410 e. The summed E-state index contributed by atoms with van der Waals surface area (Å²) >= 11 is 0. The summed E-state index contributed by atoms with van der Waals surface area (Å²) in [4.78, 5) is 13.7. The minimum Gasteiger partial charge on any atom is -0.445 e. The summed E-state index contributed by atoms with van der Waals surface area (Å²) < 4.78 is 5.32. The third-order valence-corrected chi connectivity index (χ3v) is 3.36. The second-order valence-corrected chi connectivity index (χ2v) is 4.88. The summed E-state index contributed by atoms with van der Waals surface area (Å²) in [5, 5.41) is 0. The molecule has 2 rings (SSSR count). The van der Waals surface area contributed by atoms with Crippen molar-refractivity contribution in [3.63, 3.8) is 0 Å². The number of rotatable bonds is 2. The molecular formula is C14H21ClN2O2. The Morgan fingerprint density at radius 2 is 2.05 bits per heavy atom. The van der Waals surface area contributed by atoms with Gasteiger partial charge in [-0.1, -0.05) is 30.3 Å². The van der Waals surface area contributed by atoms with Gasteiger partial charge in [0.05, 0.1) is 0 Å². The van der Waals surface area contributed by atoms with Gasteiger partial charge in [0.15, 0.2) is 0 Å². The zero-order valence-electron chi connectivity index (χ0n) is 11.1. The van der Waals surface area contributed by atoms with Crippen molar-refractivity contribution < 1.29 is 9.53 Å². The highest BCUT2D eigenvalue weighted by Gasteiger charge is 2.28. The van der Waals surface area contributed by atoms with E-state index in [9.17, 15) is 4.79 Å². The molecule has 106 valence electrons. The summed E-state index contributed by atoms with van der Waals surface area (Å²) in [6, 6.07) is 9.98. The molecule has 0 bridgehead atoms. The Balaban J connectivity index is 0.00000180. The van der Waals surface area contributed by atoms with Crippen LogP contribution in [-0.2, 0) is 11.3 Å². The van der Waals surface area contributed by atoms with Crippen molar-refractivity contribution >= 4 is 18.5 Å². The van der Waals surface area contributed by atoms with Crippen LogP contribution in [-0.4, -0.2) is 29.6 Å². The van der Waals surface area contributed by atoms with Gasteiger partial charge in [-0.05, 0) is 25.3 Å². The summed E-state index contributed by atoms with van der Waals surface area (Å²) in [6.07, 6.45) is 1.66. The Hall–Kier alpha value is -1.26. The van der Waals surface area contributed by atoms with Gasteiger partial charge in [-0.2, -0.15) is 0 Å². The Kier molecular flexibility index (Phi) is 6.12. The average Bonchev–Trinajstić information content (AvgIpc) is 2.40. The fourth-order valence-electron chi connectivity index (χ4n) is 2.19. The van der Waals surface area contributed by atoms with E-state index >= 15 is 0 Å². The van der Waals surface area contributed by atoms with E-state index in [-0.39, 0.29) is 30.6 Å². The van der Waals surface area contributed by atoms with Gasteiger partial charge < -0.3 is 15.4 Å². The van der Waals surface area contributed by atoms with E-state index in [0.717, 1.165) is 18.4 Å². The van der Waals surface area contributed by atoms with Gasteiger partial charge in [0.1, 0.15) is 6.61 Å². The van der Waals surface area contributed by atoms with Gasteiger partial charge in [0.25, 0.3) is 0 Å². The molecule has 5 heteroatoms. The Morgan fingerprint density at radius 1 is 1.37 bits per heavy atom. The lowest BCUT2D eigenvalue weighted by Crippen LogP contribution is -2.50. The number of hydrogen-bond donors (Lipinski definition) is 1. The number of carbonyl (C=O) groups excluding carboxylic acids is 1. The van der Waals surface area contributed by atoms with Crippen molar-refractivity contribution in [3.05, 3.63) is 35.9 Å². The molecule has 0 saturated carbocycles. The Morgan fingerprint density at radius 3 is 2.74 bits per heavy atom. The maximum atomic E-state index is 12.0. The minimum absolute atomic E-state index is 0. The monoisotopic (exact) mass is 284 g/mol. The number of likely N-dealkylation sites (tertiary alicyclic amines) is 1. The van der Waals surface area contributed by atoms with Crippen molar-refractivity contribution in [2.75, 3.05) is 6.54 Å². The molecule has 0 aliphatic carbocycles. The van der Waals surface area contributed by atoms with Crippen molar-refractivity contribution in [2.45, 2.75) is 38.5 Å². The van der Waals surface area contributed by atoms with E-state index in [1.165, 1.54) is 0 Å². The summed E-state index contributed by atoms with van der Waals surface area (Å²) in [6.45, 7) is 2.95. The molecule has 0 radical (unpaired) electrons. The van der Waals surface area contributed by atoms with Crippen molar-refractivity contribution in [1.82, 2.24) is 4.90 Å². The lowest BCUT2D eigenvalue weighted by Gasteiger charge is -2.35. The van der Waals surface area contributed by atoms with E-state index in [1.54, 1.807) is 4.90 Å². The van der Waals surface area contributed by atoms with E-state index in [2.05, 4.69) is 0 Å². The van der Waals surface area contributed by atoms with Crippen LogP contribution in [0.25, 0.3) is 0 Å². The number of halogens is 1. The molecule has 1 aliphatic rings. The summed E-state index contributed by atoms with van der Waals surface area (Å²) in [7, 11) is 0. The largest absolute Gasteiger partial charge is 0.445 e. The molecule has 19 heavy (non-hydrogen) atoms. The van der Waals surface area contributed by atoms with Gasteiger partial charge in [-0.25, -0.2) is 4.79 Å². The Bertz CT molecular complexity index is 400. The fourth-order valence-corrected chi connectivity index (χ4v) is 2.19. The van der Waals surface area contributed by atoms with Crippen LogP contribution in [0.4, 0.5) is 4.79 Å². The molecule has 1 saturated heterocycles. The van der Waals surface area contributed by atoms with Gasteiger partial charge >= 0.3 is 6.09 Å². The number of carbonyl (C=O) groups is 1. The first-order valence-electron chi connectivity index (χ1n) is 6.39. The van der Waals surface area contributed by atoms with Crippen LogP contribution in [0.5, 0.6) is 0 Å². The molecule has 2 atom stereocenters. The van der Waals surface area contributed by atoms with E-state index in [4.69, 9.17) is 10.5 Å². The van der Waals surface area contributed by atoms with Crippen molar-refractivity contribution in [3.8, 4) is 0 Å². The van der Waals surface area contributed by atoms with Gasteiger partial charge in [-0.3, -0.25) is 0 Å². The molecule has 4 nitrogen and oxygen atoms in total. The van der Waals surface area contributed by atoms with Crippen LogP contribution in [0.3, 0.4) is 0 Å². The molecule has 0 spiro atoms. The zero-order chi connectivity index (χ0) is 13.0. The number of benzene rings is 1. The predicted octanol–water partition coefficient (Wildman–Crippen LogP) is 2.56. The van der Waals surface area contributed by atoms with Crippen molar-refractivity contribution in [1.29, 1.82) is 0 Å². The second kappa shape index (κ2) is 7.36. The molecular weight excluding hydrogens is 264 g/mol. The van der Waals surface area contributed by atoms with Crippen LogP contribution in [0, 0.1) is 0 Å². The molecule has 1 aromatic rings. The SMILES string of the molecule is CC1CCC(N)CN1C(=O)OCc1ccccc1.Cl. The first kappa shape index (κ1) is 15.8. The number of piperidine rings is 1. The minimum atomic E-state index is -0.262. The van der Waals surface area contributed by atoms with Crippen LogP contribution in [0.15, 0.2) is 30.3 Å². The standard InChI is InChI=1S/C14H20N2O2.ClH/c1-11-7-8-13(15)9-16(11)14(17)18-10-12-5-3-2-4-6-12;/h2-6,11,13H,7-10,15H2,1H3;1H. The van der Waals surface area contributed by atoms with Gasteiger partial charge in [0.2, 0.25) is 0 Å². The normalized spacial score (nSPS) is 22.5. The van der Waals surface area contributed by atoms with E-state index < -0.39 is 0 Å². The summed E-state index contributed by atoms with van der Waals surface area (Å²) in [5.41, 5.74) is 6.88. The Labute approximate surface area is 120 Å². The van der Waals surface area contributed by atoms with Crippen LogP contribution < -0.4 is 5.73 Å². The topological polar surface area (TPSA) is 55.6 Å². The summed E-state index contributed by atoms with van der Waals surface area (Å²) in [5.74, 6) is 0. The molecule has 1 aromatic carbocycles. The molecule has 0 aromatic heterocycles. The smallest absolute Gasteiger partial charge is 0.410 e. The maximum absolute atomic E-state index is 12.0. The number of nitrogens with zero attached hydrogens (tertiary/aromatic N) is 1. The molecule has 2 unspecified atom stereocenters. The fraction of sp³-hybridized carbons (Fsp3) is 0.500. The number of hydrogen-bond acceptors (Lipinski definition) is 3. The lowest BCUT2D eigenvalue weighted by atomic mass is 10.0. The third kappa shape index (κ3) is 4.40. The zero-order valence-corrected chi connectivity index (χ0v) is 11.9. The van der Waals surface area contributed by atoms with E-state index in [0.29, 0.717) is 13.2 Å². The highest BCUT2D eigenvalue weighted by atomic mass is 35.5. The predicted molar refractivity (Wildman–Crippen MR) is 77.3 cm³/mol. The first-order chi connectivity index (χ1) is 8.66. The second-order valence-electron chi connectivity index (χ2n) is 4.88. The number of nitrogens with two attached hydrogens (primary N) is 1. The van der Waals surface area contributed by atoms with Crippen molar-refractivity contribution in [2.24, 2.45) is 5.73 Å². The van der Waals surface area contributed by atoms with Crippen LogP contribution >= 0.6 is 12.4 Å². The molecule has 1 heterocycles. The van der Waals surface area contributed by atoms with Crippen LogP contribution in [0.1, 0.15) is 25.3 Å². The number of amides is 1. The molecule has 1 amide bonds. The third-order valence-electron chi connectivity index (χ3n) is 3.36.